The van der Waals surface area contributed by atoms with E-state index in [4.69, 9.17) is 11.7 Å². The van der Waals surface area contributed by atoms with Crippen LogP contribution < -0.4 is 4.72 Å². The molecule has 4 nitrogen and oxygen atoms in total. The summed E-state index contributed by atoms with van der Waals surface area (Å²) in [7, 11) is -3.61. The SMILES string of the molecule is C#CC(CC)NS(=O)(=O)c1ccc(C#N)cc1. The first-order chi connectivity index (χ1) is 8.03. The highest BCUT2D eigenvalue weighted by molar-refractivity contribution is 7.89. The summed E-state index contributed by atoms with van der Waals surface area (Å²) in [5.74, 6) is 2.36. The zero-order valence-corrected chi connectivity index (χ0v) is 10.2. The molecule has 0 fully saturated rings. The van der Waals surface area contributed by atoms with Gasteiger partial charge < -0.3 is 0 Å². The molecule has 0 aromatic heterocycles. The highest BCUT2D eigenvalue weighted by Crippen LogP contribution is 2.10. The van der Waals surface area contributed by atoms with Gasteiger partial charge >= 0.3 is 0 Å². The lowest BCUT2D eigenvalue weighted by molar-refractivity contribution is 0.570. The van der Waals surface area contributed by atoms with Crippen LogP contribution >= 0.6 is 0 Å². The van der Waals surface area contributed by atoms with Crippen LogP contribution in [0.1, 0.15) is 18.9 Å². The monoisotopic (exact) mass is 248 g/mol. The van der Waals surface area contributed by atoms with Crippen molar-refractivity contribution in [2.45, 2.75) is 24.3 Å². The Morgan fingerprint density at radius 3 is 2.41 bits per heavy atom. The van der Waals surface area contributed by atoms with E-state index in [1.807, 2.05) is 6.07 Å². The molecule has 88 valence electrons. The topological polar surface area (TPSA) is 70.0 Å². The number of terminal acetylenes is 1. The molecule has 17 heavy (non-hydrogen) atoms. The Hall–Kier alpha value is -1.82. The van der Waals surface area contributed by atoms with Gasteiger partial charge in [0.15, 0.2) is 0 Å². The van der Waals surface area contributed by atoms with Gasteiger partial charge in [0.1, 0.15) is 0 Å². The summed E-state index contributed by atoms with van der Waals surface area (Å²) in [5.41, 5.74) is 0.410. The van der Waals surface area contributed by atoms with Gasteiger partial charge in [0.2, 0.25) is 10.0 Å². The van der Waals surface area contributed by atoms with E-state index in [-0.39, 0.29) is 4.90 Å². The summed E-state index contributed by atoms with van der Waals surface area (Å²) >= 11 is 0. The van der Waals surface area contributed by atoms with Gasteiger partial charge in [-0.25, -0.2) is 8.42 Å². The lowest BCUT2D eigenvalue weighted by Crippen LogP contribution is -2.33. The molecule has 1 aromatic carbocycles. The van der Waals surface area contributed by atoms with Crippen molar-refractivity contribution in [2.24, 2.45) is 0 Å². The molecule has 1 N–H and O–H groups in total. The Balaban J connectivity index is 2.98. The van der Waals surface area contributed by atoms with Crippen LogP contribution in [0.3, 0.4) is 0 Å². The molecule has 0 spiro atoms. The quantitative estimate of drug-likeness (QED) is 0.815. The van der Waals surface area contributed by atoms with Crippen LogP contribution in [0.4, 0.5) is 0 Å². The second-order valence-corrected chi connectivity index (χ2v) is 5.10. The predicted molar refractivity (Wildman–Crippen MR) is 64.4 cm³/mol. The van der Waals surface area contributed by atoms with E-state index in [2.05, 4.69) is 10.6 Å². The highest BCUT2D eigenvalue weighted by Gasteiger charge is 2.17. The Bertz CT molecular complexity index is 562. The molecular weight excluding hydrogens is 236 g/mol. The third kappa shape index (κ3) is 3.32. The van der Waals surface area contributed by atoms with Crippen molar-refractivity contribution in [3.05, 3.63) is 29.8 Å². The lowest BCUT2D eigenvalue weighted by Gasteiger charge is -2.11. The Morgan fingerprint density at radius 1 is 1.41 bits per heavy atom. The Morgan fingerprint density at radius 2 is 2.00 bits per heavy atom. The molecule has 1 rings (SSSR count). The standard InChI is InChI=1S/C12H12N2O2S/c1-3-11(4-2)14-17(15,16)12-7-5-10(9-13)6-8-12/h1,5-8,11,14H,4H2,2H3. The fourth-order valence-electron chi connectivity index (χ4n) is 1.20. The van der Waals surface area contributed by atoms with Crippen molar-refractivity contribution in [1.82, 2.24) is 4.72 Å². The molecule has 0 aliphatic carbocycles. The number of nitrogens with zero attached hydrogens (tertiary/aromatic N) is 1. The average Bonchev–Trinajstić information content (AvgIpc) is 2.36. The number of sulfonamides is 1. The molecule has 1 unspecified atom stereocenters. The molecule has 0 aliphatic heterocycles. The first-order valence-electron chi connectivity index (χ1n) is 5.02. The van der Waals surface area contributed by atoms with E-state index < -0.39 is 16.1 Å². The number of hydrogen-bond donors (Lipinski definition) is 1. The minimum absolute atomic E-state index is 0.102. The molecule has 5 heteroatoms. The maximum Gasteiger partial charge on any atom is 0.241 e. The van der Waals surface area contributed by atoms with Crippen molar-refractivity contribution in [1.29, 1.82) is 5.26 Å². The maximum atomic E-state index is 11.9. The van der Waals surface area contributed by atoms with Crippen LogP contribution in [0.5, 0.6) is 0 Å². The maximum absolute atomic E-state index is 11.9. The van der Waals surface area contributed by atoms with E-state index in [0.29, 0.717) is 12.0 Å². The fourth-order valence-corrected chi connectivity index (χ4v) is 2.44. The van der Waals surface area contributed by atoms with Gasteiger partial charge in [0.05, 0.1) is 22.6 Å². The molecule has 0 heterocycles. The number of nitrogens with one attached hydrogen (secondary N) is 1. The molecule has 0 amide bonds. The minimum atomic E-state index is -3.61. The summed E-state index contributed by atoms with van der Waals surface area (Å²) < 4.78 is 26.1. The normalized spacial score (nSPS) is 12.4. The molecule has 0 bridgehead atoms. The summed E-state index contributed by atoms with van der Waals surface area (Å²) in [5, 5.41) is 8.61. The van der Waals surface area contributed by atoms with Crippen LogP contribution in [0.15, 0.2) is 29.2 Å². The second kappa shape index (κ2) is 5.49. The predicted octanol–water partition coefficient (Wildman–Crippen LogP) is 1.25. The third-order valence-corrected chi connectivity index (χ3v) is 3.69. The van der Waals surface area contributed by atoms with E-state index >= 15 is 0 Å². The summed E-state index contributed by atoms with van der Waals surface area (Å²) in [4.78, 5) is 0.102. The van der Waals surface area contributed by atoms with Gasteiger partial charge in [0, 0.05) is 0 Å². The van der Waals surface area contributed by atoms with Crippen LogP contribution in [-0.2, 0) is 10.0 Å². The molecule has 0 saturated carbocycles. The number of rotatable bonds is 4. The number of nitriles is 1. The van der Waals surface area contributed by atoms with Crippen molar-refractivity contribution < 1.29 is 8.42 Å². The zero-order valence-electron chi connectivity index (χ0n) is 9.34. The van der Waals surface area contributed by atoms with Gasteiger partial charge in [-0.2, -0.15) is 9.98 Å². The molecule has 0 saturated heterocycles. The zero-order chi connectivity index (χ0) is 12.9. The fraction of sp³-hybridized carbons (Fsp3) is 0.250. The van der Waals surface area contributed by atoms with Crippen LogP contribution in [-0.4, -0.2) is 14.5 Å². The summed E-state index contributed by atoms with van der Waals surface area (Å²) in [6.45, 7) is 1.80. The summed E-state index contributed by atoms with van der Waals surface area (Å²) in [6.07, 6.45) is 5.71. The van der Waals surface area contributed by atoms with Gasteiger partial charge in [-0.1, -0.05) is 12.8 Å². The Labute approximate surface area is 101 Å². The average molecular weight is 248 g/mol. The number of benzene rings is 1. The van der Waals surface area contributed by atoms with Crippen LogP contribution in [0, 0.1) is 23.7 Å². The van der Waals surface area contributed by atoms with Crippen LogP contribution in [0.2, 0.25) is 0 Å². The molecular formula is C12H12N2O2S. The third-order valence-electron chi connectivity index (χ3n) is 2.20. The first-order valence-corrected chi connectivity index (χ1v) is 6.50. The van der Waals surface area contributed by atoms with Crippen molar-refractivity contribution in [3.8, 4) is 18.4 Å². The second-order valence-electron chi connectivity index (χ2n) is 3.38. The van der Waals surface area contributed by atoms with Gasteiger partial charge in [-0.15, -0.1) is 6.42 Å². The van der Waals surface area contributed by atoms with Crippen molar-refractivity contribution >= 4 is 10.0 Å². The number of hydrogen-bond acceptors (Lipinski definition) is 3. The van der Waals surface area contributed by atoms with Crippen LogP contribution in [0.25, 0.3) is 0 Å². The highest BCUT2D eigenvalue weighted by atomic mass is 32.2. The molecule has 0 aliphatic rings. The largest absolute Gasteiger partial charge is 0.241 e. The lowest BCUT2D eigenvalue weighted by atomic mass is 10.2. The van der Waals surface area contributed by atoms with Gasteiger partial charge in [-0.05, 0) is 30.7 Å². The summed E-state index contributed by atoms with van der Waals surface area (Å²) in [6, 6.07) is 7.06. The van der Waals surface area contributed by atoms with Gasteiger partial charge in [0.25, 0.3) is 0 Å². The molecule has 1 aromatic rings. The molecule has 0 radical (unpaired) electrons. The minimum Gasteiger partial charge on any atom is -0.207 e. The van der Waals surface area contributed by atoms with Gasteiger partial charge in [-0.3, -0.25) is 0 Å². The van der Waals surface area contributed by atoms with E-state index in [1.165, 1.54) is 24.3 Å². The van der Waals surface area contributed by atoms with Crippen molar-refractivity contribution in [2.75, 3.05) is 0 Å². The smallest absolute Gasteiger partial charge is 0.207 e. The van der Waals surface area contributed by atoms with E-state index in [9.17, 15) is 8.42 Å². The first kappa shape index (κ1) is 13.2. The van der Waals surface area contributed by atoms with Crippen molar-refractivity contribution in [3.63, 3.8) is 0 Å². The van der Waals surface area contributed by atoms with E-state index in [1.54, 1.807) is 6.92 Å². The Kier molecular flexibility index (Phi) is 4.28. The van der Waals surface area contributed by atoms with E-state index in [0.717, 1.165) is 0 Å². The molecule has 1 atom stereocenters.